The number of hydrogen-bond acceptors (Lipinski definition) is 5. The summed E-state index contributed by atoms with van der Waals surface area (Å²) in [6.07, 6.45) is 0. The number of nitrogens with one attached hydrogen (secondary N) is 3. The summed E-state index contributed by atoms with van der Waals surface area (Å²) in [5.41, 5.74) is 5.89. The van der Waals surface area contributed by atoms with E-state index in [1.807, 2.05) is 18.2 Å². The predicted octanol–water partition coefficient (Wildman–Crippen LogP) is 5.65. The van der Waals surface area contributed by atoms with E-state index in [-0.39, 0.29) is 5.91 Å². The van der Waals surface area contributed by atoms with Crippen LogP contribution in [0.5, 0.6) is 5.75 Å². The van der Waals surface area contributed by atoms with E-state index in [4.69, 9.17) is 16.3 Å². The number of fused-ring (bicyclic) bond motifs is 1. The minimum Gasteiger partial charge on any atom is -0.497 e. The van der Waals surface area contributed by atoms with Crippen molar-refractivity contribution in [1.29, 1.82) is 0 Å². The van der Waals surface area contributed by atoms with Crippen LogP contribution in [0.2, 0.25) is 5.02 Å². The third kappa shape index (κ3) is 5.22. The van der Waals surface area contributed by atoms with Gasteiger partial charge in [-0.2, -0.15) is 0 Å². The number of carbonyl (C=O) groups is 3. The van der Waals surface area contributed by atoms with Gasteiger partial charge in [0.25, 0.3) is 17.7 Å². The van der Waals surface area contributed by atoms with E-state index in [9.17, 15) is 14.4 Å². The minimum atomic E-state index is -0.502. The molecule has 0 saturated heterocycles. The van der Waals surface area contributed by atoms with E-state index < -0.39 is 11.8 Å². The molecule has 172 valence electrons. The zero-order chi connectivity index (χ0) is 24.2. The molecule has 1 aromatic heterocycles. The number of carbonyl (C=O) groups excluding carboxylic acids is 3. The number of amides is 3. The van der Waals surface area contributed by atoms with Gasteiger partial charge in [-0.15, -0.1) is 11.3 Å². The molecule has 0 spiro atoms. The monoisotopic (exact) mass is 557 g/mol. The standard InChI is InChI=1S/C24H17BrClN3O4S/c1-33-17-9-4-14(5-10-17)23(31)29-28-22(30)13-2-7-16(8-3-13)27-24(32)21-20(26)18-11-6-15(25)12-19(18)34-21/h2-12H,1H3,(H,27,32)(H,28,30)(H,29,31). The molecule has 3 amide bonds. The lowest BCUT2D eigenvalue weighted by atomic mass is 10.2. The number of benzene rings is 3. The molecule has 34 heavy (non-hydrogen) atoms. The summed E-state index contributed by atoms with van der Waals surface area (Å²) in [6.45, 7) is 0. The van der Waals surface area contributed by atoms with Gasteiger partial charge in [0.05, 0.1) is 12.1 Å². The van der Waals surface area contributed by atoms with E-state index in [2.05, 4.69) is 32.1 Å². The molecular formula is C24H17BrClN3O4S. The summed E-state index contributed by atoms with van der Waals surface area (Å²) in [6, 6.07) is 18.3. The Morgan fingerprint density at radius 3 is 2.03 bits per heavy atom. The molecule has 3 N–H and O–H groups in total. The van der Waals surface area contributed by atoms with Crippen molar-refractivity contribution in [3.05, 3.63) is 92.2 Å². The molecular weight excluding hydrogens is 542 g/mol. The molecule has 0 saturated carbocycles. The molecule has 3 aromatic carbocycles. The highest BCUT2D eigenvalue weighted by Crippen LogP contribution is 2.37. The number of methoxy groups -OCH3 is 1. The van der Waals surface area contributed by atoms with E-state index in [0.717, 1.165) is 14.6 Å². The maximum absolute atomic E-state index is 12.7. The molecule has 0 unspecified atom stereocenters. The zero-order valence-electron chi connectivity index (χ0n) is 17.6. The lowest BCUT2D eigenvalue weighted by Gasteiger charge is -2.09. The first-order valence-corrected chi connectivity index (χ1v) is 11.9. The number of ether oxygens (including phenoxy) is 1. The van der Waals surface area contributed by atoms with Crippen LogP contribution in [0.15, 0.2) is 71.2 Å². The molecule has 0 aliphatic carbocycles. The lowest BCUT2D eigenvalue weighted by Crippen LogP contribution is -2.41. The Morgan fingerprint density at radius 2 is 1.44 bits per heavy atom. The first kappa shape index (κ1) is 23.7. The average molecular weight is 559 g/mol. The largest absolute Gasteiger partial charge is 0.497 e. The number of hydrogen-bond donors (Lipinski definition) is 3. The molecule has 1 heterocycles. The number of rotatable bonds is 5. The summed E-state index contributed by atoms with van der Waals surface area (Å²) in [5.74, 6) is -0.688. The van der Waals surface area contributed by atoms with Gasteiger partial charge >= 0.3 is 0 Å². The highest BCUT2D eigenvalue weighted by molar-refractivity contribution is 9.10. The van der Waals surface area contributed by atoms with Crippen LogP contribution in [0.1, 0.15) is 30.4 Å². The van der Waals surface area contributed by atoms with Gasteiger partial charge in [-0.1, -0.05) is 33.6 Å². The first-order chi connectivity index (χ1) is 16.4. The first-order valence-electron chi connectivity index (χ1n) is 9.89. The maximum Gasteiger partial charge on any atom is 0.269 e. The molecule has 4 rings (SSSR count). The average Bonchev–Trinajstić information content (AvgIpc) is 3.18. The third-order valence-corrected chi connectivity index (χ3v) is 6.99. The fourth-order valence-corrected chi connectivity index (χ4v) is 5.04. The third-order valence-electron chi connectivity index (χ3n) is 4.84. The fourth-order valence-electron chi connectivity index (χ4n) is 3.08. The van der Waals surface area contributed by atoms with Gasteiger partial charge in [-0.05, 0) is 60.7 Å². The summed E-state index contributed by atoms with van der Waals surface area (Å²) >= 11 is 11.1. The van der Waals surface area contributed by atoms with Crippen molar-refractivity contribution in [2.45, 2.75) is 0 Å². The second-order valence-corrected chi connectivity index (χ2v) is 9.40. The van der Waals surface area contributed by atoms with Crippen LogP contribution in [0.3, 0.4) is 0 Å². The summed E-state index contributed by atoms with van der Waals surface area (Å²) in [4.78, 5) is 37.7. The van der Waals surface area contributed by atoms with Crippen molar-refractivity contribution < 1.29 is 19.1 Å². The van der Waals surface area contributed by atoms with Crippen molar-refractivity contribution >= 4 is 72.4 Å². The zero-order valence-corrected chi connectivity index (χ0v) is 20.8. The fraction of sp³-hybridized carbons (Fsp3) is 0.0417. The van der Waals surface area contributed by atoms with Crippen molar-refractivity contribution in [2.75, 3.05) is 12.4 Å². The highest BCUT2D eigenvalue weighted by atomic mass is 79.9. The molecule has 10 heteroatoms. The van der Waals surface area contributed by atoms with Gasteiger partial charge in [-0.3, -0.25) is 25.2 Å². The van der Waals surface area contributed by atoms with Crippen molar-refractivity contribution in [3.8, 4) is 5.75 Å². The Labute approximate surface area is 212 Å². The van der Waals surface area contributed by atoms with Crippen LogP contribution in [0.25, 0.3) is 10.1 Å². The highest BCUT2D eigenvalue weighted by Gasteiger charge is 2.18. The van der Waals surface area contributed by atoms with E-state index in [1.165, 1.54) is 30.6 Å². The van der Waals surface area contributed by atoms with E-state index in [1.54, 1.807) is 36.4 Å². The minimum absolute atomic E-state index is 0.303. The van der Waals surface area contributed by atoms with Crippen LogP contribution < -0.4 is 20.9 Å². The van der Waals surface area contributed by atoms with Crippen LogP contribution in [-0.4, -0.2) is 24.8 Å². The topological polar surface area (TPSA) is 96.5 Å². The number of halogens is 2. The van der Waals surface area contributed by atoms with Gasteiger partial charge in [0.15, 0.2) is 0 Å². The van der Waals surface area contributed by atoms with Crippen molar-refractivity contribution in [1.82, 2.24) is 10.9 Å². The molecule has 0 atom stereocenters. The van der Waals surface area contributed by atoms with E-state index in [0.29, 0.717) is 32.5 Å². The summed E-state index contributed by atoms with van der Waals surface area (Å²) < 4.78 is 6.85. The van der Waals surface area contributed by atoms with Crippen LogP contribution in [0.4, 0.5) is 5.69 Å². The second kappa shape index (κ2) is 10.3. The summed E-state index contributed by atoms with van der Waals surface area (Å²) in [7, 11) is 1.53. The lowest BCUT2D eigenvalue weighted by molar-refractivity contribution is 0.0846. The molecule has 0 fully saturated rings. The van der Waals surface area contributed by atoms with Crippen LogP contribution in [0, 0.1) is 0 Å². The normalized spacial score (nSPS) is 10.6. The second-order valence-electron chi connectivity index (χ2n) is 7.05. The number of hydrazine groups is 1. The van der Waals surface area contributed by atoms with E-state index >= 15 is 0 Å². The molecule has 0 aliphatic heterocycles. The SMILES string of the molecule is COc1ccc(C(=O)NNC(=O)c2ccc(NC(=O)c3sc4cc(Br)ccc4c3Cl)cc2)cc1. The predicted molar refractivity (Wildman–Crippen MR) is 137 cm³/mol. The maximum atomic E-state index is 12.7. The molecule has 0 radical (unpaired) electrons. The Morgan fingerprint density at radius 1 is 0.853 bits per heavy atom. The van der Waals surface area contributed by atoms with Gasteiger partial charge in [-0.25, -0.2) is 0 Å². The van der Waals surface area contributed by atoms with Gasteiger partial charge < -0.3 is 10.1 Å². The van der Waals surface area contributed by atoms with Crippen molar-refractivity contribution in [3.63, 3.8) is 0 Å². The van der Waals surface area contributed by atoms with Gasteiger partial charge in [0.1, 0.15) is 10.6 Å². The summed E-state index contributed by atoms with van der Waals surface area (Å²) in [5, 5.41) is 3.99. The molecule has 0 bridgehead atoms. The Balaban J connectivity index is 1.37. The number of thiophene rings is 1. The molecule has 7 nitrogen and oxygen atoms in total. The Kier molecular flexibility index (Phi) is 7.16. The quantitative estimate of drug-likeness (QED) is 0.276. The van der Waals surface area contributed by atoms with Crippen LogP contribution >= 0.6 is 38.9 Å². The van der Waals surface area contributed by atoms with Crippen LogP contribution in [-0.2, 0) is 0 Å². The molecule has 4 aromatic rings. The Hall–Kier alpha value is -3.40. The van der Waals surface area contributed by atoms with Gasteiger partial charge in [0.2, 0.25) is 0 Å². The number of anilines is 1. The smallest absolute Gasteiger partial charge is 0.269 e. The van der Waals surface area contributed by atoms with Crippen molar-refractivity contribution in [2.24, 2.45) is 0 Å². The molecule has 0 aliphatic rings. The Bertz CT molecular complexity index is 1390. The van der Waals surface area contributed by atoms with Gasteiger partial charge in [0, 0.05) is 31.4 Å².